The van der Waals surface area contributed by atoms with E-state index in [9.17, 15) is 29.1 Å². The normalized spacial score (nSPS) is 24.3. The zero-order valence-corrected chi connectivity index (χ0v) is 30.1. The molecule has 1 aliphatic heterocycles. The van der Waals surface area contributed by atoms with Crippen molar-refractivity contribution in [3.63, 3.8) is 0 Å². The van der Waals surface area contributed by atoms with E-state index in [1.165, 1.54) is 40.3 Å². The lowest BCUT2D eigenvalue weighted by molar-refractivity contribution is -0.151. The van der Waals surface area contributed by atoms with E-state index in [-0.39, 0.29) is 59.5 Å². The summed E-state index contributed by atoms with van der Waals surface area (Å²) in [7, 11) is 4.60. The number of methoxy groups -OCH3 is 2. The Labute approximate surface area is 297 Å². The number of hydrogen-bond donors (Lipinski definition) is 1. The summed E-state index contributed by atoms with van der Waals surface area (Å²) in [5.74, 6) is -0.341. The van der Waals surface area contributed by atoms with Gasteiger partial charge in [0.2, 0.25) is 0 Å². The highest BCUT2D eigenvalue weighted by Gasteiger charge is 2.67. The SMILES string of the molecule is COc1cc2nc(CCn3c(=O)n4n(c3=O)[C@@H]3C[C@@]5(C)C(=O)C(C)=C(C)C(=O)[C@@]5(C)[C@@H](c5ccc(O)cc5Cl)C3=CC4)c(=O)n(C)c2cc1OC. The van der Waals surface area contributed by atoms with Crippen LogP contribution >= 0.6 is 11.6 Å². The van der Waals surface area contributed by atoms with Crippen molar-refractivity contribution in [2.75, 3.05) is 14.2 Å². The zero-order chi connectivity index (χ0) is 36.9. The molecule has 2 aliphatic carbocycles. The number of hydrogen-bond acceptors (Lipinski definition) is 9. The fraction of sp³-hybridized carbons (Fsp3) is 0.405. The molecule has 4 aromatic rings. The van der Waals surface area contributed by atoms with Crippen LogP contribution in [0.15, 0.2) is 67.5 Å². The van der Waals surface area contributed by atoms with Crippen LogP contribution in [0.4, 0.5) is 0 Å². The van der Waals surface area contributed by atoms with Crippen LogP contribution in [0.3, 0.4) is 0 Å². The molecule has 2 aromatic carbocycles. The highest BCUT2D eigenvalue weighted by Crippen LogP contribution is 2.66. The molecule has 0 radical (unpaired) electrons. The van der Waals surface area contributed by atoms with Crippen LogP contribution in [-0.2, 0) is 36.1 Å². The summed E-state index contributed by atoms with van der Waals surface area (Å²) in [4.78, 5) is 74.8. The van der Waals surface area contributed by atoms with Crippen molar-refractivity contribution >= 4 is 34.2 Å². The van der Waals surface area contributed by atoms with Crippen molar-refractivity contribution in [2.24, 2.45) is 17.9 Å². The Hall–Kier alpha value is -5.17. The molecule has 0 spiro atoms. The summed E-state index contributed by atoms with van der Waals surface area (Å²) >= 11 is 6.76. The number of nitrogens with zero attached hydrogens (tertiary/aromatic N) is 5. The predicted octanol–water partition coefficient (Wildman–Crippen LogP) is 3.85. The molecular formula is C37H38ClN5O8. The first-order chi connectivity index (χ1) is 24.1. The molecule has 13 nitrogen and oxygen atoms in total. The summed E-state index contributed by atoms with van der Waals surface area (Å²) < 4.78 is 16.0. The second kappa shape index (κ2) is 11.7. The van der Waals surface area contributed by atoms with Gasteiger partial charge < -0.3 is 19.1 Å². The van der Waals surface area contributed by atoms with Crippen LogP contribution < -0.4 is 26.4 Å². The van der Waals surface area contributed by atoms with Gasteiger partial charge in [-0.1, -0.05) is 37.6 Å². The van der Waals surface area contributed by atoms with Crippen molar-refractivity contribution in [1.82, 2.24) is 23.5 Å². The fourth-order valence-electron chi connectivity index (χ4n) is 8.62. The standard InChI is InChI=1S/C37H38ClN5O8/c1-18-19(2)32(46)37(4)30(21-9-8-20(44)14-23(21)38)22-10-13-42-34(48)41(35(49)43(42)27(22)17-36(37,3)31(18)45)12-11-24-33(47)40(5)26-16-29(51-7)28(50-6)15-25(26)39-24/h8-10,14-16,27,30,44H,11-13,17H2,1-7H3/t27-,30+,36+,37-/m1/s1. The van der Waals surface area contributed by atoms with Crippen LogP contribution in [-0.4, -0.2) is 54.4 Å². The first-order valence-corrected chi connectivity index (χ1v) is 17.0. The topological polar surface area (TPSA) is 157 Å². The number of fused-ring (bicyclic) bond motifs is 5. The molecule has 1 fully saturated rings. The summed E-state index contributed by atoms with van der Waals surface area (Å²) in [5.41, 5.74) is -1.04. The van der Waals surface area contributed by atoms with Gasteiger partial charge in [-0.15, -0.1) is 0 Å². The largest absolute Gasteiger partial charge is 0.508 e. The minimum atomic E-state index is -1.29. The second-order valence-corrected chi connectivity index (χ2v) is 14.4. The lowest BCUT2D eigenvalue weighted by Crippen LogP contribution is -2.61. The van der Waals surface area contributed by atoms with Gasteiger partial charge in [-0.3, -0.25) is 14.4 Å². The third kappa shape index (κ3) is 4.59. The van der Waals surface area contributed by atoms with Crippen LogP contribution in [0.5, 0.6) is 17.2 Å². The number of Topliss-reactive ketones (excluding diaryl/α,β-unsaturated/α-hetero) is 2. The Morgan fingerprint density at radius 1 is 0.961 bits per heavy atom. The first-order valence-electron chi connectivity index (χ1n) is 16.6. The van der Waals surface area contributed by atoms with Crippen LogP contribution in [0.1, 0.15) is 57.3 Å². The molecule has 3 heterocycles. The minimum absolute atomic E-state index is 0.0150. The van der Waals surface area contributed by atoms with E-state index in [1.54, 1.807) is 52.9 Å². The van der Waals surface area contributed by atoms with Crippen LogP contribution in [0, 0.1) is 10.8 Å². The molecule has 2 aromatic heterocycles. The zero-order valence-electron chi connectivity index (χ0n) is 29.4. The summed E-state index contributed by atoms with van der Waals surface area (Å²) in [6, 6.07) is 7.07. The van der Waals surface area contributed by atoms with Crippen molar-refractivity contribution < 1.29 is 24.2 Å². The smallest absolute Gasteiger partial charge is 0.347 e. The number of aromatic hydroxyl groups is 1. The Morgan fingerprint density at radius 2 is 1.63 bits per heavy atom. The molecule has 7 rings (SSSR count). The molecule has 0 bridgehead atoms. The lowest BCUT2D eigenvalue weighted by atomic mass is 9.43. The number of allylic oxidation sites excluding steroid dienone is 4. The molecule has 4 atom stereocenters. The average molecular weight is 716 g/mol. The van der Waals surface area contributed by atoms with Gasteiger partial charge in [0.15, 0.2) is 23.1 Å². The van der Waals surface area contributed by atoms with E-state index in [0.29, 0.717) is 44.8 Å². The van der Waals surface area contributed by atoms with Gasteiger partial charge in [0.05, 0.1) is 43.3 Å². The van der Waals surface area contributed by atoms with Crippen molar-refractivity contribution in [3.05, 3.63) is 101 Å². The highest BCUT2D eigenvalue weighted by molar-refractivity contribution is 6.31. The van der Waals surface area contributed by atoms with E-state index < -0.39 is 34.2 Å². The van der Waals surface area contributed by atoms with Gasteiger partial charge >= 0.3 is 11.4 Å². The number of phenols is 1. The third-order valence-corrected chi connectivity index (χ3v) is 12.0. The summed E-state index contributed by atoms with van der Waals surface area (Å²) in [6.45, 7) is 6.74. The second-order valence-electron chi connectivity index (χ2n) is 14.0. The number of aryl methyl sites for hydroxylation is 2. The maximum atomic E-state index is 14.4. The van der Waals surface area contributed by atoms with Gasteiger partial charge in [-0.05, 0) is 54.7 Å². The monoisotopic (exact) mass is 715 g/mol. The quantitative estimate of drug-likeness (QED) is 0.293. The average Bonchev–Trinajstić information content (AvgIpc) is 3.36. The summed E-state index contributed by atoms with van der Waals surface area (Å²) in [5, 5.41) is 10.4. The fourth-order valence-corrected chi connectivity index (χ4v) is 8.90. The van der Waals surface area contributed by atoms with Gasteiger partial charge in [0.25, 0.3) is 5.56 Å². The van der Waals surface area contributed by atoms with E-state index in [0.717, 1.165) is 4.57 Å². The number of ether oxygens (including phenoxy) is 2. The van der Waals surface area contributed by atoms with Gasteiger partial charge in [-0.25, -0.2) is 28.5 Å². The third-order valence-electron chi connectivity index (χ3n) is 11.7. The highest BCUT2D eigenvalue weighted by atomic mass is 35.5. The maximum Gasteiger partial charge on any atom is 0.347 e. The number of ketones is 2. The molecule has 0 saturated heterocycles. The molecule has 1 saturated carbocycles. The molecule has 0 amide bonds. The number of carbonyl (C=O) groups is 2. The number of benzene rings is 2. The number of aromatic nitrogens is 5. The van der Waals surface area contributed by atoms with E-state index in [1.807, 2.05) is 6.08 Å². The molecule has 51 heavy (non-hydrogen) atoms. The van der Waals surface area contributed by atoms with E-state index in [2.05, 4.69) is 4.98 Å². The Morgan fingerprint density at radius 3 is 2.29 bits per heavy atom. The van der Waals surface area contributed by atoms with Crippen molar-refractivity contribution in [2.45, 2.75) is 65.6 Å². The van der Waals surface area contributed by atoms with E-state index in [4.69, 9.17) is 21.1 Å². The first kappa shape index (κ1) is 34.3. The van der Waals surface area contributed by atoms with E-state index >= 15 is 0 Å². The molecule has 266 valence electrons. The number of carbonyl (C=O) groups excluding carboxylic acids is 2. The Kier molecular flexibility index (Phi) is 7.86. The Balaban J connectivity index is 1.34. The lowest BCUT2D eigenvalue weighted by Gasteiger charge is -2.58. The van der Waals surface area contributed by atoms with Crippen molar-refractivity contribution in [3.8, 4) is 17.2 Å². The maximum absolute atomic E-state index is 14.4. The molecule has 3 aliphatic rings. The number of phenolic OH excluding ortho intramolecular Hbond substituents is 1. The predicted molar refractivity (Wildman–Crippen MR) is 189 cm³/mol. The minimum Gasteiger partial charge on any atom is -0.508 e. The Bertz CT molecular complexity index is 2470. The van der Waals surface area contributed by atoms with Gasteiger partial charge in [0.1, 0.15) is 11.4 Å². The van der Waals surface area contributed by atoms with Crippen LogP contribution in [0.25, 0.3) is 11.0 Å². The molecule has 0 unspecified atom stereocenters. The summed E-state index contributed by atoms with van der Waals surface area (Å²) in [6.07, 6.45) is 1.91. The van der Waals surface area contributed by atoms with Crippen LogP contribution in [0.2, 0.25) is 5.02 Å². The number of rotatable bonds is 6. The molecule has 1 N–H and O–H groups in total. The van der Waals surface area contributed by atoms with Crippen molar-refractivity contribution in [1.29, 1.82) is 0 Å². The van der Waals surface area contributed by atoms with Gasteiger partial charge in [0, 0.05) is 48.5 Å². The molecule has 14 heteroatoms. The van der Waals surface area contributed by atoms with Gasteiger partial charge in [-0.2, -0.15) is 0 Å². The molecular weight excluding hydrogens is 678 g/mol. The number of halogens is 1.